The van der Waals surface area contributed by atoms with E-state index in [4.69, 9.17) is 11.6 Å². The number of carbonyl (C=O) groups is 1. The fourth-order valence-electron chi connectivity index (χ4n) is 6.24. The number of urea groups is 1. The van der Waals surface area contributed by atoms with E-state index < -0.39 is 5.60 Å². The normalized spacial score (nSPS) is 22.6. The number of carbonyl (C=O) groups excluding carboxylic acids is 1. The summed E-state index contributed by atoms with van der Waals surface area (Å²) >= 11 is 6.31. The zero-order valence-corrected chi connectivity index (χ0v) is 23.1. The third-order valence-corrected chi connectivity index (χ3v) is 8.63. The third kappa shape index (κ3) is 8.34. The number of halogens is 1. The lowest BCUT2D eigenvalue weighted by Gasteiger charge is -2.43. The molecule has 0 bridgehead atoms. The van der Waals surface area contributed by atoms with E-state index in [-0.39, 0.29) is 24.1 Å². The van der Waals surface area contributed by atoms with Crippen molar-refractivity contribution in [3.8, 4) is 0 Å². The zero-order valence-electron chi connectivity index (χ0n) is 22.4. The van der Waals surface area contributed by atoms with E-state index in [0.717, 1.165) is 31.4 Å². The van der Waals surface area contributed by atoms with Crippen molar-refractivity contribution in [2.45, 2.75) is 102 Å². The average molecular weight is 522 g/mol. The SMILES string of the molecule is CCC(O)CCC[C@@](O)(c1cccc(Cl)c1)[C@@H]1CCCN(C(=O)NC(CNC)CC2CCCCC2)C1. The predicted molar refractivity (Wildman–Crippen MR) is 147 cm³/mol. The molecule has 2 aliphatic rings. The molecule has 36 heavy (non-hydrogen) atoms. The molecule has 1 aliphatic heterocycles. The highest BCUT2D eigenvalue weighted by Gasteiger charge is 2.41. The fraction of sp³-hybridized carbons (Fsp3) is 0.759. The maximum atomic E-state index is 13.4. The molecule has 1 heterocycles. The molecule has 2 unspecified atom stereocenters. The van der Waals surface area contributed by atoms with Crippen LogP contribution in [0.2, 0.25) is 5.02 Å². The smallest absolute Gasteiger partial charge is 0.317 e. The number of rotatable bonds is 12. The van der Waals surface area contributed by atoms with Crippen LogP contribution >= 0.6 is 11.6 Å². The van der Waals surface area contributed by atoms with Crippen molar-refractivity contribution in [3.63, 3.8) is 0 Å². The van der Waals surface area contributed by atoms with Crippen LogP contribution in [0.5, 0.6) is 0 Å². The second kappa shape index (κ2) is 14.6. The largest absolute Gasteiger partial charge is 0.393 e. The molecule has 2 amide bonds. The molecule has 1 aromatic carbocycles. The molecule has 4 N–H and O–H groups in total. The maximum Gasteiger partial charge on any atom is 0.317 e. The summed E-state index contributed by atoms with van der Waals surface area (Å²) in [5.41, 5.74) is -0.289. The van der Waals surface area contributed by atoms with Gasteiger partial charge in [-0.3, -0.25) is 0 Å². The molecule has 4 atom stereocenters. The first-order chi connectivity index (χ1) is 17.4. The number of amides is 2. The lowest BCUT2D eigenvalue weighted by atomic mass is 9.74. The standard InChI is InChI=1S/C29H48ClN3O3/c1-3-27(34)15-8-16-29(36,23-12-7-14-25(30)19-23)24-13-9-17-33(21-24)28(35)32-26(20-31-2)18-22-10-5-4-6-11-22/h7,12,14,19,22,24,26-27,31,34,36H,3-6,8-11,13,15-18,20-21H2,1-2H3,(H,32,35)/t24-,26?,27?,29-/m1/s1. The molecule has 204 valence electrons. The molecule has 2 fully saturated rings. The van der Waals surface area contributed by atoms with Gasteiger partial charge in [0.15, 0.2) is 0 Å². The lowest BCUT2D eigenvalue weighted by molar-refractivity contribution is -0.0572. The second-order valence-corrected chi connectivity index (χ2v) is 11.6. The van der Waals surface area contributed by atoms with Gasteiger partial charge in [-0.15, -0.1) is 0 Å². The highest BCUT2D eigenvalue weighted by Crippen LogP contribution is 2.40. The fourth-order valence-corrected chi connectivity index (χ4v) is 6.43. The van der Waals surface area contributed by atoms with E-state index in [9.17, 15) is 15.0 Å². The van der Waals surface area contributed by atoms with Gasteiger partial charge in [-0.1, -0.05) is 62.8 Å². The second-order valence-electron chi connectivity index (χ2n) is 11.1. The Balaban J connectivity index is 1.69. The number of nitrogens with one attached hydrogen (secondary N) is 2. The monoisotopic (exact) mass is 521 g/mol. The number of nitrogens with zero attached hydrogens (tertiary/aromatic N) is 1. The van der Waals surface area contributed by atoms with E-state index in [1.165, 1.54) is 32.1 Å². The van der Waals surface area contributed by atoms with Crippen molar-refractivity contribution >= 4 is 17.6 Å². The van der Waals surface area contributed by atoms with Gasteiger partial charge in [-0.2, -0.15) is 0 Å². The first-order valence-electron chi connectivity index (χ1n) is 14.2. The molecule has 1 aliphatic carbocycles. The van der Waals surface area contributed by atoms with E-state index in [0.29, 0.717) is 49.7 Å². The van der Waals surface area contributed by atoms with Crippen molar-refractivity contribution < 1.29 is 15.0 Å². The molecule has 0 radical (unpaired) electrons. The Morgan fingerprint density at radius 2 is 2.00 bits per heavy atom. The Bertz CT molecular complexity index is 804. The van der Waals surface area contributed by atoms with Crippen LogP contribution in [0, 0.1) is 11.8 Å². The number of benzene rings is 1. The van der Waals surface area contributed by atoms with Gasteiger partial charge in [0.1, 0.15) is 0 Å². The van der Waals surface area contributed by atoms with E-state index in [2.05, 4.69) is 10.6 Å². The zero-order chi connectivity index (χ0) is 26.0. The van der Waals surface area contributed by atoms with Gasteiger partial charge >= 0.3 is 6.03 Å². The van der Waals surface area contributed by atoms with Crippen LogP contribution < -0.4 is 10.6 Å². The number of aliphatic hydroxyl groups is 2. The summed E-state index contributed by atoms with van der Waals surface area (Å²) in [5.74, 6) is 0.605. The number of hydrogen-bond donors (Lipinski definition) is 4. The lowest BCUT2D eigenvalue weighted by Crippen LogP contribution is -2.54. The molecule has 7 heteroatoms. The highest BCUT2D eigenvalue weighted by molar-refractivity contribution is 6.30. The van der Waals surface area contributed by atoms with Gasteiger partial charge in [0.2, 0.25) is 0 Å². The van der Waals surface area contributed by atoms with Crippen molar-refractivity contribution in [1.82, 2.24) is 15.5 Å². The maximum absolute atomic E-state index is 13.4. The van der Waals surface area contributed by atoms with Crippen LogP contribution in [-0.4, -0.2) is 60.0 Å². The number of hydrogen-bond acceptors (Lipinski definition) is 4. The quantitative estimate of drug-likeness (QED) is 0.295. The van der Waals surface area contributed by atoms with Crippen LogP contribution in [0.15, 0.2) is 24.3 Å². The Kier molecular flexibility index (Phi) is 11.8. The molecule has 0 aromatic heterocycles. The summed E-state index contributed by atoms with van der Waals surface area (Å²) < 4.78 is 0. The average Bonchev–Trinajstić information content (AvgIpc) is 2.89. The van der Waals surface area contributed by atoms with Gasteiger partial charge in [0.05, 0.1) is 11.7 Å². The van der Waals surface area contributed by atoms with Gasteiger partial charge in [-0.25, -0.2) is 4.79 Å². The van der Waals surface area contributed by atoms with Crippen molar-refractivity contribution in [2.75, 3.05) is 26.7 Å². The molecule has 1 aromatic rings. The van der Waals surface area contributed by atoms with Gasteiger partial charge in [0.25, 0.3) is 0 Å². The summed E-state index contributed by atoms with van der Waals surface area (Å²) in [4.78, 5) is 15.3. The number of piperidine rings is 1. The predicted octanol–water partition coefficient (Wildman–Crippen LogP) is 5.45. The molecule has 0 spiro atoms. The molecule has 3 rings (SSSR count). The number of aliphatic hydroxyl groups excluding tert-OH is 1. The summed E-state index contributed by atoms with van der Waals surface area (Å²) in [5, 5.41) is 29.3. The Labute approximate surface area is 223 Å². The number of likely N-dealkylation sites (tertiary alicyclic amines) is 1. The Hall–Kier alpha value is -1.34. The third-order valence-electron chi connectivity index (χ3n) is 8.40. The van der Waals surface area contributed by atoms with Crippen LogP contribution in [0.4, 0.5) is 4.79 Å². The molecule has 6 nitrogen and oxygen atoms in total. The minimum atomic E-state index is -1.09. The first kappa shape index (κ1) is 29.2. The molecular weight excluding hydrogens is 474 g/mol. The first-order valence-corrected chi connectivity index (χ1v) is 14.6. The van der Waals surface area contributed by atoms with E-state index >= 15 is 0 Å². The van der Waals surface area contributed by atoms with E-state index in [1.807, 2.05) is 43.1 Å². The van der Waals surface area contributed by atoms with E-state index in [1.54, 1.807) is 0 Å². The Morgan fingerprint density at radius 1 is 1.22 bits per heavy atom. The van der Waals surface area contributed by atoms with Crippen molar-refractivity contribution in [3.05, 3.63) is 34.9 Å². The summed E-state index contributed by atoms with van der Waals surface area (Å²) in [7, 11) is 1.94. The summed E-state index contributed by atoms with van der Waals surface area (Å²) in [6.45, 7) is 3.96. The van der Waals surface area contributed by atoms with Crippen LogP contribution in [0.25, 0.3) is 0 Å². The van der Waals surface area contributed by atoms with Gasteiger partial charge in [-0.05, 0) is 75.6 Å². The number of likely N-dealkylation sites (N-methyl/N-ethyl adjacent to an activating group) is 1. The topological polar surface area (TPSA) is 84.8 Å². The van der Waals surface area contributed by atoms with Crippen molar-refractivity contribution in [2.24, 2.45) is 11.8 Å². The van der Waals surface area contributed by atoms with Gasteiger partial charge < -0.3 is 25.7 Å². The van der Waals surface area contributed by atoms with Crippen molar-refractivity contribution in [1.29, 1.82) is 0 Å². The highest BCUT2D eigenvalue weighted by atomic mass is 35.5. The van der Waals surface area contributed by atoms with Crippen LogP contribution in [0.1, 0.15) is 89.5 Å². The Morgan fingerprint density at radius 3 is 2.69 bits per heavy atom. The summed E-state index contributed by atoms with van der Waals surface area (Å²) in [6.07, 6.45) is 11.5. The molecule has 1 saturated heterocycles. The molecular formula is C29H48ClN3O3. The minimum Gasteiger partial charge on any atom is -0.393 e. The van der Waals surface area contributed by atoms with Crippen LogP contribution in [-0.2, 0) is 5.60 Å². The summed E-state index contributed by atoms with van der Waals surface area (Å²) in [6, 6.07) is 7.59. The minimum absolute atomic E-state index is 0.0226. The van der Waals surface area contributed by atoms with Gasteiger partial charge in [0, 0.05) is 36.6 Å². The van der Waals surface area contributed by atoms with Crippen LogP contribution in [0.3, 0.4) is 0 Å². The molecule has 1 saturated carbocycles.